The Kier molecular flexibility index (Phi) is 4.04. The molecule has 0 radical (unpaired) electrons. The summed E-state index contributed by atoms with van der Waals surface area (Å²) < 4.78 is 0. The van der Waals surface area contributed by atoms with Crippen LogP contribution in [0.4, 0.5) is 0 Å². The van der Waals surface area contributed by atoms with E-state index < -0.39 is 0 Å². The molecule has 1 aliphatic carbocycles. The van der Waals surface area contributed by atoms with Gasteiger partial charge in [-0.3, -0.25) is 0 Å². The second-order valence-electron chi connectivity index (χ2n) is 7.76. The normalized spacial score (nSPS) is 30.7. The Bertz CT molecular complexity index is 589. The van der Waals surface area contributed by atoms with E-state index in [0.717, 1.165) is 39.1 Å². The molecule has 1 aromatic rings. The first kappa shape index (κ1) is 15.4. The lowest BCUT2D eigenvalue weighted by Crippen LogP contribution is -2.49. The quantitative estimate of drug-likeness (QED) is 0.908. The lowest BCUT2D eigenvalue weighted by atomic mass is 9.74. The van der Waals surface area contributed by atoms with Crippen molar-refractivity contribution in [2.45, 2.75) is 30.8 Å². The van der Waals surface area contributed by atoms with Gasteiger partial charge in [0.25, 0.3) is 0 Å². The molecule has 23 heavy (non-hydrogen) atoms. The molecule has 3 heteroatoms. The molecular weight excluding hydrogens is 284 g/mol. The first-order valence-corrected chi connectivity index (χ1v) is 9.04. The van der Waals surface area contributed by atoms with Gasteiger partial charge in [-0.1, -0.05) is 36.4 Å². The smallest absolute Gasteiger partial charge is 0.0605 e. The van der Waals surface area contributed by atoms with Gasteiger partial charge in [-0.2, -0.15) is 0 Å². The minimum Gasteiger partial charge on any atom is -0.393 e. The van der Waals surface area contributed by atoms with Crippen molar-refractivity contribution >= 4 is 6.08 Å². The first-order chi connectivity index (χ1) is 11.2. The summed E-state index contributed by atoms with van der Waals surface area (Å²) in [4.78, 5) is 4.94. The highest BCUT2D eigenvalue weighted by molar-refractivity contribution is 5.65. The zero-order valence-electron chi connectivity index (χ0n) is 14.1. The fourth-order valence-corrected chi connectivity index (χ4v) is 4.72. The average Bonchev–Trinajstić information content (AvgIpc) is 2.92. The van der Waals surface area contributed by atoms with Crippen LogP contribution in [0.25, 0.3) is 6.08 Å². The van der Waals surface area contributed by atoms with Gasteiger partial charge in [0.1, 0.15) is 0 Å². The van der Waals surface area contributed by atoms with Crippen molar-refractivity contribution in [3.63, 3.8) is 0 Å². The van der Waals surface area contributed by atoms with Crippen LogP contribution in [-0.4, -0.2) is 60.8 Å². The summed E-state index contributed by atoms with van der Waals surface area (Å²) >= 11 is 0. The lowest BCUT2D eigenvalue weighted by Gasteiger charge is -2.42. The highest BCUT2D eigenvalue weighted by Crippen LogP contribution is 2.43. The van der Waals surface area contributed by atoms with E-state index in [0.29, 0.717) is 5.92 Å². The highest BCUT2D eigenvalue weighted by Gasteiger charge is 2.38. The molecule has 1 spiro atoms. The van der Waals surface area contributed by atoms with Crippen LogP contribution in [0.3, 0.4) is 0 Å². The van der Waals surface area contributed by atoms with E-state index in [4.69, 9.17) is 0 Å². The van der Waals surface area contributed by atoms with Crippen molar-refractivity contribution in [3.8, 4) is 0 Å². The number of likely N-dealkylation sites (tertiary alicyclic amines) is 2. The third-order valence-corrected chi connectivity index (χ3v) is 6.22. The highest BCUT2D eigenvalue weighted by atomic mass is 16.3. The third kappa shape index (κ3) is 2.86. The third-order valence-electron chi connectivity index (χ3n) is 6.22. The van der Waals surface area contributed by atoms with Crippen molar-refractivity contribution in [1.29, 1.82) is 0 Å². The van der Waals surface area contributed by atoms with E-state index in [1.807, 2.05) is 0 Å². The van der Waals surface area contributed by atoms with Crippen molar-refractivity contribution in [2.24, 2.45) is 5.92 Å². The summed E-state index contributed by atoms with van der Waals surface area (Å²) in [5, 5.41) is 10.3. The van der Waals surface area contributed by atoms with Crippen LogP contribution in [0, 0.1) is 5.92 Å². The van der Waals surface area contributed by atoms with E-state index >= 15 is 0 Å². The zero-order valence-corrected chi connectivity index (χ0v) is 14.1. The number of aliphatic hydroxyl groups excluding tert-OH is 1. The summed E-state index contributed by atoms with van der Waals surface area (Å²) in [6.07, 6.45) is 7.98. The molecule has 0 bridgehead atoms. The zero-order chi connectivity index (χ0) is 15.9. The van der Waals surface area contributed by atoms with Gasteiger partial charge in [-0.25, -0.2) is 0 Å². The molecule has 2 aliphatic heterocycles. The molecule has 2 atom stereocenters. The number of allylic oxidation sites excluding steroid dienone is 1. The number of hydrogen-bond donors (Lipinski definition) is 1. The number of rotatable bonds is 2. The van der Waals surface area contributed by atoms with E-state index in [2.05, 4.69) is 53.3 Å². The predicted molar refractivity (Wildman–Crippen MR) is 94.4 cm³/mol. The molecule has 4 rings (SSSR count). The van der Waals surface area contributed by atoms with Gasteiger partial charge in [0.15, 0.2) is 0 Å². The van der Waals surface area contributed by atoms with Crippen LogP contribution < -0.4 is 0 Å². The predicted octanol–water partition coefficient (Wildman–Crippen LogP) is 2.36. The van der Waals surface area contributed by atoms with Crippen molar-refractivity contribution in [1.82, 2.24) is 9.80 Å². The standard InChI is InChI=1S/C20H28N2O/c1-21-11-7-19(23)17(14-21)15-22-12-9-20(10-13-22)8-6-16-4-2-3-5-18(16)20/h2-6,8,17,19,23H,7,9-15H2,1H3/t17-,19+/m0/s1. The van der Waals surface area contributed by atoms with Gasteiger partial charge < -0.3 is 14.9 Å². The molecular formula is C20H28N2O. The lowest BCUT2D eigenvalue weighted by molar-refractivity contribution is 0.0122. The fourth-order valence-electron chi connectivity index (χ4n) is 4.72. The largest absolute Gasteiger partial charge is 0.393 e. The fraction of sp³-hybridized carbons (Fsp3) is 0.600. The van der Waals surface area contributed by atoms with Gasteiger partial charge >= 0.3 is 0 Å². The van der Waals surface area contributed by atoms with E-state index in [1.165, 1.54) is 24.0 Å². The maximum Gasteiger partial charge on any atom is 0.0605 e. The van der Waals surface area contributed by atoms with Crippen molar-refractivity contribution < 1.29 is 5.11 Å². The molecule has 0 unspecified atom stereocenters. The number of fused-ring (bicyclic) bond motifs is 2. The number of piperidine rings is 2. The SMILES string of the molecule is CN1CC[C@@H](O)[C@H](CN2CCC3(C=Cc4ccccc43)CC2)C1. The maximum absolute atomic E-state index is 10.3. The maximum atomic E-state index is 10.3. The Hall–Kier alpha value is -1.16. The van der Waals surface area contributed by atoms with Crippen LogP contribution in [0.5, 0.6) is 0 Å². The summed E-state index contributed by atoms with van der Waals surface area (Å²) in [6, 6.07) is 8.86. The van der Waals surface area contributed by atoms with Crippen LogP contribution >= 0.6 is 0 Å². The minimum absolute atomic E-state index is 0.116. The van der Waals surface area contributed by atoms with Gasteiger partial charge in [0.2, 0.25) is 0 Å². The number of benzene rings is 1. The average molecular weight is 312 g/mol. The monoisotopic (exact) mass is 312 g/mol. The molecule has 2 saturated heterocycles. The molecule has 0 amide bonds. The van der Waals surface area contributed by atoms with Crippen molar-refractivity contribution in [3.05, 3.63) is 41.5 Å². The second-order valence-corrected chi connectivity index (χ2v) is 7.76. The summed E-state index contributed by atoms with van der Waals surface area (Å²) in [7, 11) is 2.17. The topological polar surface area (TPSA) is 26.7 Å². The van der Waals surface area contributed by atoms with Gasteiger partial charge in [0.05, 0.1) is 6.10 Å². The molecule has 1 N–H and O–H groups in total. The van der Waals surface area contributed by atoms with E-state index in [1.54, 1.807) is 0 Å². The van der Waals surface area contributed by atoms with Crippen LogP contribution in [0.2, 0.25) is 0 Å². The van der Waals surface area contributed by atoms with Crippen LogP contribution in [0.15, 0.2) is 30.3 Å². The Labute approximate surface area is 139 Å². The molecule has 1 aromatic carbocycles. The van der Waals surface area contributed by atoms with Crippen molar-refractivity contribution in [2.75, 3.05) is 39.8 Å². The Morgan fingerprint density at radius 2 is 1.96 bits per heavy atom. The molecule has 0 saturated carbocycles. The van der Waals surface area contributed by atoms with E-state index in [-0.39, 0.29) is 11.5 Å². The Balaban J connectivity index is 1.39. The summed E-state index contributed by atoms with van der Waals surface area (Å²) in [5.41, 5.74) is 3.21. The Morgan fingerprint density at radius 1 is 1.17 bits per heavy atom. The number of nitrogens with zero attached hydrogens (tertiary/aromatic N) is 2. The summed E-state index contributed by atoms with van der Waals surface area (Å²) in [5.74, 6) is 0.411. The molecule has 0 aromatic heterocycles. The number of hydrogen-bond acceptors (Lipinski definition) is 3. The molecule has 2 fully saturated rings. The van der Waals surface area contributed by atoms with Crippen LogP contribution in [0.1, 0.15) is 30.4 Å². The van der Waals surface area contributed by atoms with E-state index in [9.17, 15) is 5.11 Å². The minimum atomic E-state index is -0.116. The number of aliphatic hydroxyl groups is 1. The summed E-state index contributed by atoms with van der Waals surface area (Å²) in [6.45, 7) is 5.40. The molecule has 2 heterocycles. The van der Waals surface area contributed by atoms with Crippen LogP contribution in [-0.2, 0) is 5.41 Å². The molecule has 124 valence electrons. The first-order valence-electron chi connectivity index (χ1n) is 9.04. The Morgan fingerprint density at radius 3 is 2.78 bits per heavy atom. The molecule has 3 nitrogen and oxygen atoms in total. The van der Waals surface area contributed by atoms with Gasteiger partial charge in [0, 0.05) is 31.0 Å². The van der Waals surface area contributed by atoms with Gasteiger partial charge in [-0.05, 0) is 50.5 Å². The second kappa shape index (κ2) is 6.04. The van der Waals surface area contributed by atoms with Gasteiger partial charge in [-0.15, -0.1) is 0 Å². The molecule has 3 aliphatic rings.